The molecule has 1 atom stereocenters. The molecule has 2 rings (SSSR count). The predicted octanol–water partition coefficient (Wildman–Crippen LogP) is 1.99. The van der Waals surface area contributed by atoms with Crippen molar-refractivity contribution < 1.29 is 4.79 Å². The van der Waals surface area contributed by atoms with E-state index in [-0.39, 0.29) is 11.9 Å². The van der Waals surface area contributed by atoms with Crippen LogP contribution in [-0.2, 0) is 0 Å². The number of H-pyrrole nitrogens is 1. The van der Waals surface area contributed by atoms with Gasteiger partial charge in [0, 0.05) is 17.4 Å². The molecule has 0 radical (unpaired) electrons. The molecule has 1 amide bonds. The Bertz CT molecular complexity index is 560. The Labute approximate surface area is 105 Å². The van der Waals surface area contributed by atoms with Crippen LogP contribution in [0.4, 0.5) is 5.69 Å². The Morgan fingerprint density at radius 2 is 2.17 bits per heavy atom. The smallest absolute Gasteiger partial charge is 0.259 e. The Hall–Kier alpha value is -2.14. The number of aryl methyl sites for hydroxylation is 1. The lowest BCUT2D eigenvalue weighted by Gasteiger charge is -2.13. The molecule has 4 N–H and O–H groups in total. The molecule has 0 spiro atoms. The highest BCUT2D eigenvalue weighted by Gasteiger charge is 2.13. The van der Waals surface area contributed by atoms with E-state index >= 15 is 0 Å². The zero-order chi connectivity index (χ0) is 13.1. The van der Waals surface area contributed by atoms with Crippen LogP contribution in [0.5, 0.6) is 0 Å². The fraction of sp³-hybridized carbons (Fsp3) is 0.231. The molecule has 0 fully saturated rings. The summed E-state index contributed by atoms with van der Waals surface area (Å²) in [5, 5.41) is 9.42. The third-order valence-corrected chi connectivity index (χ3v) is 2.77. The molecule has 5 nitrogen and oxygen atoms in total. The summed E-state index contributed by atoms with van der Waals surface area (Å²) in [4.78, 5) is 12.1. The molecule has 5 heteroatoms. The Morgan fingerprint density at radius 3 is 2.78 bits per heavy atom. The maximum absolute atomic E-state index is 12.1. The number of carbonyl (C=O) groups is 1. The third kappa shape index (κ3) is 2.41. The van der Waals surface area contributed by atoms with Gasteiger partial charge < -0.3 is 11.1 Å². The van der Waals surface area contributed by atoms with E-state index in [4.69, 9.17) is 5.73 Å². The van der Waals surface area contributed by atoms with Gasteiger partial charge in [-0.05, 0) is 25.5 Å². The van der Waals surface area contributed by atoms with E-state index < -0.39 is 0 Å². The van der Waals surface area contributed by atoms with Crippen molar-refractivity contribution in [1.82, 2.24) is 10.2 Å². The first kappa shape index (κ1) is 12.3. The van der Waals surface area contributed by atoms with Crippen LogP contribution >= 0.6 is 0 Å². The van der Waals surface area contributed by atoms with Crippen molar-refractivity contribution in [2.75, 3.05) is 5.32 Å². The first-order valence-corrected chi connectivity index (χ1v) is 5.75. The normalized spacial score (nSPS) is 12.2. The van der Waals surface area contributed by atoms with Crippen LogP contribution in [0.2, 0.25) is 0 Å². The molecular formula is C13H16N4O. The lowest BCUT2D eigenvalue weighted by atomic mass is 10.1. The zero-order valence-corrected chi connectivity index (χ0v) is 10.4. The van der Waals surface area contributed by atoms with Crippen LogP contribution in [-0.4, -0.2) is 16.1 Å². The van der Waals surface area contributed by atoms with Gasteiger partial charge in [-0.2, -0.15) is 5.10 Å². The summed E-state index contributed by atoms with van der Waals surface area (Å²) in [6, 6.07) is 7.38. The summed E-state index contributed by atoms with van der Waals surface area (Å²) in [6.07, 6.45) is 1.51. The van der Waals surface area contributed by atoms with Crippen molar-refractivity contribution in [2.45, 2.75) is 19.9 Å². The van der Waals surface area contributed by atoms with Gasteiger partial charge in [0.1, 0.15) is 0 Å². The average Bonchev–Trinajstić information content (AvgIpc) is 2.76. The maximum atomic E-state index is 12.1. The van der Waals surface area contributed by atoms with E-state index in [1.807, 2.05) is 31.2 Å². The molecule has 0 saturated heterocycles. The number of nitrogens with zero attached hydrogens (tertiary/aromatic N) is 1. The standard InChI is InChI=1S/C13H16N4O/c1-8(14)10-5-3-4-6-12(10)16-13(18)11-7-15-17-9(11)2/h3-8H,14H2,1-2H3,(H,15,17)(H,16,18). The maximum Gasteiger partial charge on any atom is 0.259 e. The fourth-order valence-corrected chi connectivity index (χ4v) is 1.78. The summed E-state index contributed by atoms with van der Waals surface area (Å²) in [6.45, 7) is 3.69. The van der Waals surface area contributed by atoms with Crippen molar-refractivity contribution in [1.29, 1.82) is 0 Å². The number of amides is 1. The molecule has 0 bridgehead atoms. The van der Waals surface area contributed by atoms with Gasteiger partial charge in [-0.3, -0.25) is 9.89 Å². The van der Waals surface area contributed by atoms with Gasteiger partial charge >= 0.3 is 0 Å². The minimum atomic E-state index is -0.186. The van der Waals surface area contributed by atoms with Gasteiger partial charge in [0.15, 0.2) is 0 Å². The minimum Gasteiger partial charge on any atom is -0.324 e. The Balaban J connectivity index is 2.25. The fourth-order valence-electron chi connectivity index (χ4n) is 1.78. The van der Waals surface area contributed by atoms with Crippen molar-refractivity contribution in [3.05, 3.63) is 47.3 Å². The summed E-state index contributed by atoms with van der Waals surface area (Å²) in [7, 11) is 0. The largest absolute Gasteiger partial charge is 0.324 e. The number of benzene rings is 1. The van der Waals surface area contributed by atoms with Gasteiger partial charge in [0.2, 0.25) is 0 Å². The molecule has 1 aromatic heterocycles. The molecule has 1 aromatic carbocycles. The third-order valence-electron chi connectivity index (χ3n) is 2.77. The first-order valence-electron chi connectivity index (χ1n) is 5.75. The molecule has 0 saturated carbocycles. The summed E-state index contributed by atoms with van der Waals surface area (Å²) < 4.78 is 0. The zero-order valence-electron chi connectivity index (χ0n) is 10.4. The number of aromatic amines is 1. The van der Waals surface area contributed by atoms with Crippen molar-refractivity contribution in [3.63, 3.8) is 0 Å². The van der Waals surface area contributed by atoms with E-state index in [1.54, 1.807) is 6.92 Å². The SMILES string of the molecule is Cc1[nH]ncc1C(=O)Nc1ccccc1C(C)N. The van der Waals surface area contributed by atoms with E-state index in [9.17, 15) is 4.79 Å². The molecule has 1 unspecified atom stereocenters. The van der Waals surface area contributed by atoms with Gasteiger partial charge in [-0.25, -0.2) is 0 Å². The van der Waals surface area contributed by atoms with Gasteiger partial charge in [0.05, 0.1) is 11.8 Å². The molecular weight excluding hydrogens is 228 g/mol. The van der Waals surface area contributed by atoms with Crippen molar-refractivity contribution in [2.24, 2.45) is 5.73 Å². The lowest BCUT2D eigenvalue weighted by Crippen LogP contribution is -2.16. The molecule has 1 heterocycles. The molecule has 0 aliphatic heterocycles. The highest BCUT2D eigenvalue weighted by molar-refractivity contribution is 6.05. The highest BCUT2D eigenvalue weighted by atomic mass is 16.1. The average molecular weight is 244 g/mol. The van der Waals surface area contributed by atoms with Crippen LogP contribution in [0.15, 0.2) is 30.5 Å². The quantitative estimate of drug-likeness (QED) is 0.772. The van der Waals surface area contributed by atoms with Crippen LogP contribution in [0.25, 0.3) is 0 Å². The van der Waals surface area contributed by atoms with Crippen molar-refractivity contribution in [3.8, 4) is 0 Å². The van der Waals surface area contributed by atoms with Crippen LogP contribution in [0.1, 0.15) is 34.6 Å². The number of rotatable bonds is 3. The summed E-state index contributed by atoms with van der Waals surface area (Å²) >= 11 is 0. The van der Waals surface area contributed by atoms with E-state index in [1.165, 1.54) is 6.20 Å². The Morgan fingerprint density at radius 1 is 1.44 bits per heavy atom. The second-order valence-electron chi connectivity index (χ2n) is 4.24. The number of hydrogen-bond donors (Lipinski definition) is 3. The molecule has 0 aliphatic carbocycles. The highest BCUT2D eigenvalue weighted by Crippen LogP contribution is 2.21. The predicted molar refractivity (Wildman–Crippen MR) is 70.3 cm³/mol. The van der Waals surface area contributed by atoms with Crippen LogP contribution < -0.4 is 11.1 Å². The van der Waals surface area contributed by atoms with Gasteiger partial charge in [-0.15, -0.1) is 0 Å². The van der Waals surface area contributed by atoms with Crippen LogP contribution in [0.3, 0.4) is 0 Å². The molecule has 2 aromatic rings. The van der Waals surface area contributed by atoms with E-state index in [0.29, 0.717) is 5.56 Å². The second kappa shape index (κ2) is 5.01. The summed E-state index contributed by atoms with van der Waals surface area (Å²) in [5.74, 6) is -0.186. The monoisotopic (exact) mass is 244 g/mol. The van der Waals surface area contributed by atoms with E-state index in [2.05, 4.69) is 15.5 Å². The van der Waals surface area contributed by atoms with Gasteiger partial charge in [-0.1, -0.05) is 18.2 Å². The van der Waals surface area contributed by atoms with E-state index in [0.717, 1.165) is 16.9 Å². The van der Waals surface area contributed by atoms with Crippen LogP contribution in [0, 0.1) is 6.92 Å². The summed E-state index contributed by atoms with van der Waals surface area (Å²) in [5.41, 5.74) is 8.79. The molecule has 18 heavy (non-hydrogen) atoms. The minimum absolute atomic E-state index is 0.132. The number of aromatic nitrogens is 2. The lowest BCUT2D eigenvalue weighted by molar-refractivity contribution is 0.102. The molecule has 94 valence electrons. The Kier molecular flexibility index (Phi) is 3.43. The number of nitrogens with two attached hydrogens (primary N) is 1. The second-order valence-corrected chi connectivity index (χ2v) is 4.24. The number of carbonyl (C=O) groups excluding carboxylic acids is 1. The molecule has 0 aliphatic rings. The van der Waals surface area contributed by atoms with Gasteiger partial charge in [0.25, 0.3) is 5.91 Å². The first-order chi connectivity index (χ1) is 8.59. The number of para-hydroxylation sites is 1. The topological polar surface area (TPSA) is 83.8 Å². The number of hydrogen-bond acceptors (Lipinski definition) is 3. The number of anilines is 1. The number of nitrogens with one attached hydrogen (secondary N) is 2. The van der Waals surface area contributed by atoms with Crippen molar-refractivity contribution >= 4 is 11.6 Å².